The van der Waals surface area contributed by atoms with Crippen molar-refractivity contribution in [3.63, 3.8) is 0 Å². The summed E-state index contributed by atoms with van der Waals surface area (Å²) in [6.45, 7) is 3.40. The number of rotatable bonds is 4. The first-order valence-electron chi connectivity index (χ1n) is 3.52. The van der Waals surface area contributed by atoms with Crippen molar-refractivity contribution in [1.82, 2.24) is 0 Å². The molecule has 1 unspecified atom stereocenters. The Labute approximate surface area is 61.6 Å². The summed E-state index contributed by atoms with van der Waals surface area (Å²) in [5.41, 5.74) is 0. The highest BCUT2D eigenvalue weighted by atomic mass is 16.3. The quantitative estimate of drug-likeness (QED) is 0.600. The van der Waals surface area contributed by atoms with Gasteiger partial charge in [-0.1, -0.05) is 13.0 Å². The fourth-order valence-corrected chi connectivity index (χ4v) is 0.558. The minimum absolute atomic E-state index is 0.0308. The minimum Gasteiger partial charge on any atom is -0.393 e. The molecular weight excluding hydrogens is 128 g/mol. The molecule has 0 fully saturated rings. The van der Waals surface area contributed by atoms with Crippen LogP contribution < -0.4 is 0 Å². The van der Waals surface area contributed by atoms with Crippen LogP contribution in [0.4, 0.5) is 0 Å². The van der Waals surface area contributed by atoms with Crippen molar-refractivity contribution in [2.75, 3.05) is 0 Å². The molecule has 0 rings (SSSR count). The Morgan fingerprint density at radius 2 is 2.30 bits per heavy atom. The fraction of sp³-hybridized carbons (Fsp3) is 0.625. The van der Waals surface area contributed by atoms with E-state index in [1.54, 1.807) is 6.08 Å². The predicted molar refractivity (Wildman–Crippen MR) is 40.7 cm³/mol. The van der Waals surface area contributed by atoms with Crippen LogP contribution in [-0.4, -0.2) is 17.0 Å². The first kappa shape index (κ1) is 9.37. The zero-order valence-corrected chi connectivity index (χ0v) is 6.50. The van der Waals surface area contributed by atoms with Gasteiger partial charge in [-0.25, -0.2) is 0 Å². The molecule has 0 aliphatic heterocycles. The number of allylic oxidation sites excluding steroid dienone is 1. The maximum Gasteiger partial charge on any atom is 0.152 e. The number of aliphatic hydroxyl groups excluding tert-OH is 1. The van der Waals surface area contributed by atoms with E-state index in [-0.39, 0.29) is 11.9 Å². The van der Waals surface area contributed by atoms with Crippen LogP contribution in [0.5, 0.6) is 0 Å². The summed E-state index contributed by atoms with van der Waals surface area (Å²) in [5.74, 6) is 0.0308. The van der Waals surface area contributed by atoms with Crippen LogP contribution in [0.1, 0.15) is 26.7 Å². The van der Waals surface area contributed by atoms with Crippen molar-refractivity contribution in [1.29, 1.82) is 0 Å². The standard InChI is InChI=1S/C8H14O2/c1-3-8(10)6-4-5-7(2)9/h4-5,8,10H,3,6H2,1-2H3. The zero-order chi connectivity index (χ0) is 7.98. The van der Waals surface area contributed by atoms with Gasteiger partial charge in [0.15, 0.2) is 5.78 Å². The molecule has 0 aliphatic carbocycles. The van der Waals surface area contributed by atoms with Crippen LogP contribution in [0.15, 0.2) is 12.2 Å². The Bertz CT molecular complexity index is 127. The third-order valence-electron chi connectivity index (χ3n) is 1.23. The van der Waals surface area contributed by atoms with Crippen LogP contribution in [0.25, 0.3) is 0 Å². The van der Waals surface area contributed by atoms with Gasteiger partial charge in [0.1, 0.15) is 0 Å². The van der Waals surface area contributed by atoms with E-state index >= 15 is 0 Å². The van der Waals surface area contributed by atoms with Crippen LogP contribution in [0.2, 0.25) is 0 Å². The van der Waals surface area contributed by atoms with Gasteiger partial charge >= 0.3 is 0 Å². The average molecular weight is 142 g/mol. The molecule has 0 aromatic carbocycles. The van der Waals surface area contributed by atoms with E-state index in [0.717, 1.165) is 6.42 Å². The van der Waals surface area contributed by atoms with Crippen molar-refractivity contribution in [2.45, 2.75) is 32.8 Å². The van der Waals surface area contributed by atoms with Gasteiger partial charge < -0.3 is 5.11 Å². The van der Waals surface area contributed by atoms with E-state index in [0.29, 0.717) is 6.42 Å². The van der Waals surface area contributed by atoms with E-state index < -0.39 is 0 Å². The molecule has 0 saturated heterocycles. The lowest BCUT2D eigenvalue weighted by Gasteiger charge is -2.00. The van der Waals surface area contributed by atoms with Gasteiger partial charge in [0, 0.05) is 0 Å². The first-order valence-corrected chi connectivity index (χ1v) is 3.52. The highest BCUT2D eigenvalue weighted by Gasteiger charge is 1.94. The van der Waals surface area contributed by atoms with Gasteiger partial charge in [0.2, 0.25) is 0 Å². The molecule has 10 heavy (non-hydrogen) atoms. The minimum atomic E-state index is -0.296. The normalized spacial score (nSPS) is 13.9. The third-order valence-corrected chi connectivity index (χ3v) is 1.23. The molecule has 0 spiro atoms. The molecule has 0 saturated carbocycles. The van der Waals surface area contributed by atoms with E-state index in [1.165, 1.54) is 13.0 Å². The molecule has 0 aromatic rings. The van der Waals surface area contributed by atoms with Crippen LogP contribution in [0.3, 0.4) is 0 Å². The zero-order valence-electron chi connectivity index (χ0n) is 6.50. The highest BCUT2D eigenvalue weighted by molar-refractivity contribution is 5.87. The number of aliphatic hydroxyl groups is 1. The summed E-state index contributed by atoms with van der Waals surface area (Å²) < 4.78 is 0. The third kappa shape index (κ3) is 5.51. The van der Waals surface area contributed by atoms with Gasteiger partial charge in [-0.2, -0.15) is 0 Å². The molecule has 1 atom stereocenters. The lowest BCUT2D eigenvalue weighted by Crippen LogP contribution is -2.01. The molecule has 0 bridgehead atoms. The smallest absolute Gasteiger partial charge is 0.152 e. The van der Waals surface area contributed by atoms with Crippen molar-refractivity contribution >= 4 is 5.78 Å². The van der Waals surface area contributed by atoms with Gasteiger partial charge in [-0.15, -0.1) is 0 Å². The molecule has 0 aliphatic rings. The maximum atomic E-state index is 10.3. The summed E-state index contributed by atoms with van der Waals surface area (Å²) >= 11 is 0. The monoisotopic (exact) mass is 142 g/mol. The Hall–Kier alpha value is -0.630. The Morgan fingerprint density at radius 1 is 1.70 bits per heavy atom. The number of hydrogen-bond donors (Lipinski definition) is 1. The van der Waals surface area contributed by atoms with Crippen LogP contribution >= 0.6 is 0 Å². The van der Waals surface area contributed by atoms with Gasteiger partial charge in [-0.3, -0.25) is 4.79 Å². The van der Waals surface area contributed by atoms with Crippen molar-refractivity contribution in [3.05, 3.63) is 12.2 Å². The van der Waals surface area contributed by atoms with Crippen LogP contribution in [-0.2, 0) is 4.79 Å². The molecule has 58 valence electrons. The van der Waals surface area contributed by atoms with E-state index in [1.807, 2.05) is 6.92 Å². The Kier molecular flexibility index (Phi) is 4.85. The van der Waals surface area contributed by atoms with Crippen molar-refractivity contribution in [3.8, 4) is 0 Å². The summed E-state index contributed by atoms with van der Waals surface area (Å²) in [6.07, 6.45) is 4.21. The van der Waals surface area contributed by atoms with E-state index in [2.05, 4.69) is 0 Å². The van der Waals surface area contributed by atoms with Crippen molar-refractivity contribution in [2.24, 2.45) is 0 Å². The Balaban J connectivity index is 3.43. The average Bonchev–Trinajstić information content (AvgIpc) is 1.87. The molecular formula is C8H14O2. The van der Waals surface area contributed by atoms with Crippen molar-refractivity contribution < 1.29 is 9.90 Å². The number of carbonyl (C=O) groups is 1. The molecule has 0 amide bonds. The second-order valence-corrected chi connectivity index (χ2v) is 2.31. The largest absolute Gasteiger partial charge is 0.393 e. The Morgan fingerprint density at radius 3 is 2.70 bits per heavy atom. The molecule has 0 heterocycles. The lowest BCUT2D eigenvalue weighted by molar-refractivity contribution is -0.112. The second kappa shape index (κ2) is 5.18. The highest BCUT2D eigenvalue weighted by Crippen LogP contribution is 1.96. The number of hydrogen-bond acceptors (Lipinski definition) is 2. The first-order chi connectivity index (χ1) is 4.66. The summed E-state index contributed by atoms with van der Waals surface area (Å²) in [5, 5.41) is 9.01. The maximum absolute atomic E-state index is 10.3. The summed E-state index contributed by atoms with van der Waals surface area (Å²) in [6, 6.07) is 0. The molecule has 0 aromatic heterocycles. The van der Waals surface area contributed by atoms with E-state index in [9.17, 15) is 4.79 Å². The molecule has 1 N–H and O–H groups in total. The second-order valence-electron chi connectivity index (χ2n) is 2.31. The SMILES string of the molecule is CCC(O)CC=CC(C)=O. The molecule has 0 radical (unpaired) electrons. The number of ketones is 1. The molecule has 2 heteroatoms. The molecule has 2 nitrogen and oxygen atoms in total. The fourth-order valence-electron chi connectivity index (χ4n) is 0.558. The number of carbonyl (C=O) groups excluding carboxylic acids is 1. The van der Waals surface area contributed by atoms with Gasteiger partial charge in [-0.05, 0) is 25.8 Å². The van der Waals surface area contributed by atoms with Gasteiger partial charge in [0.25, 0.3) is 0 Å². The van der Waals surface area contributed by atoms with Crippen LogP contribution in [0, 0.1) is 0 Å². The lowest BCUT2D eigenvalue weighted by atomic mass is 10.2. The summed E-state index contributed by atoms with van der Waals surface area (Å²) in [7, 11) is 0. The topological polar surface area (TPSA) is 37.3 Å². The van der Waals surface area contributed by atoms with E-state index in [4.69, 9.17) is 5.11 Å². The summed E-state index contributed by atoms with van der Waals surface area (Å²) in [4.78, 5) is 10.3. The predicted octanol–water partition coefficient (Wildman–Crippen LogP) is 1.29. The van der Waals surface area contributed by atoms with Gasteiger partial charge in [0.05, 0.1) is 6.10 Å².